The summed E-state index contributed by atoms with van der Waals surface area (Å²) in [6.45, 7) is 0. The van der Waals surface area contributed by atoms with Crippen molar-refractivity contribution in [2.45, 2.75) is 15.5 Å². The largest absolute Gasteiger partial charge is 0.398 e. The van der Waals surface area contributed by atoms with Crippen LogP contribution in [-0.2, 0) is 15.6 Å². The molecule has 0 aliphatic carbocycles. The van der Waals surface area contributed by atoms with Crippen LogP contribution in [0.1, 0.15) is 5.56 Å². The molecule has 128 valence electrons. The summed E-state index contributed by atoms with van der Waals surface area (Å²) in [5.74, 6) is -0.912. The first-order valence-corrected chi connectivity index (χ1v) is 9.70. The lowest BCUT2D eigenvalue weighted by Gasteiger charge is -2.40. The predicted molar refractivity (Wildman–Crippen MR) is 79.6 cm³/mol. The van der Waals surface area contributed by atoms with Crippen LogP contribution in [0.2, 0.25) is 0 Å². The van der Waals surface area contributed by atoms with Crippen molar-refractivity contribution in [2.24, 2.45) is 0 Å². The second kappa shape index (κ2) is 4.60. The third-order valence-electron chi connectivity index (χ3n) is 3.01. The highest BCUT2D eigenvalue weighted by molar-refractivity contribution is 8.45. The fourth-order valence-electron chi connectivity index (χ4n) is 1.86. The van der Waals surface area contributed by atoms with Gasteiger partial charge in [0.1, 0.15) is 4.90 Å². The molecule has 0 unspecified atom stereocenters. The van der Waals surface area contributed by atoms with E-state index in [0.29, 0.717) is 6.07 Å². The van der Waals surface area contributed by atoms with Gasteiger partial charge >= 0.3 is 10.2 Å². The van der Waals surface area contributed by atoms with Crippen LogP contribution < -0.4 is 5.73 Å². The fourth-order valence-corrected chi connectivity index (χ4v) is 3.95. The van der Waals surface area contributed by atoms with E-state index < -0.39 is 36.3 Å². The first-order chi connectivity index (χ1) is 10.2. The second-order valence-corrected chi connectivity index (χ2v) is 9.30. The first kappa shape index (κ1) is 17.5. The fraction of sp³-hybridized carbons (Fsp3) is 0.0769. The van der Waals surface area contributed by atoms with E-state index in [1.165, 1.54) is 24.3 Å². The maximum atomic E-state index is 12.8. The summed E-state index contributed by atoms with van der Waals surface area (Å²) in [5, 5.41) is 0. The molecular formula is C13H12F5NO2S2. The molecule has 23 heavy (non-hydrogen) atoms. The maximum Gasteiger partial charge on any atom is 0.310 e. The molecule has 2 N–H and O–H groups in total. The monoisotopic (exact) mass is 373 g/mol. The molecule has 0 fully saturated rings. The van der Waals surface area contributed by atoms with Gasteiger partial charge in [-0.2, -0.15) is 0 Å². The summed E-state index contributed by atoms with van der Waals surface area (Å²) in [6, 6.07) is 7.79. The number of sulfone groups is 1. The van der Waals surface area contributed by atoms with Crippen LogP contribution in [0.5, 0.6) is 0 Å². The van der Waals surface area contributed by atoms with Gasteiger partial charge in [0.25, 0.3) is 0 Å². The summed E-state index contributed by atoms with van der Waals surface area (Å²) in [7, 11) is -13.9. The topological polar surface area (TPSA) is 60.2 Å². The predicted octanol–water partition coefficient (Wildman–Crippen LogP) is 4.90. The van der Waals surface area contributed by atoms with Crippen LogP contribution in [0, 0.1) is 0 Å². The van der Waals surface area contributed by atoms with Crippen LogP contribution in [0.25, 0.3) is 0 Å². The van der Waals surface area contributed by atoms with Gasteiger partial charge < -0.3 is 5.73 Å². The Morgan fingerprint density at radius 3 is 2.00 bits per heavy atom. The van der Waals surface area contributed by atoms with E-state index in [-0.39, 0.29) is 22.7 Å². The molecule has 2 rings (SSSR count). The van der Waals surface area contributed by atoms with Gasteiger partial charge in [-0.1, -0.05) is 37.6 Å². The van der Waals surface area contributed by atoms with Gasteiger partial charge in [-0.05, 0) is 35.9 Å². The van der Waals surface area contributed by atoms with Crippen molar-refractivity contribution in [2.75, 3.05) is 5.73 Å². The molecule has 2 aromatic carbocycles. The van der Waals surface area contributed by atoms with Crippen LogP contribution in [0.15, 0.2) is 58.3 Å². The molecule has 0 aromatic heterocycles. The zero-order valence-corrected chi connectivity index (χ0v) is 13.1. The van der Waals surface area contributed by atoms with Gasteiger partial charge in [0.2, 0.25) is 0 Å². The van der Waals surface area contributed by atoms with E-state index in [1.807, 2.05) is 0 Å². The molecule has 0 spiro atoms. The third-order valence-corrected chi connectivity index (χ3v) is 5.83. The van der Waals surface area contributed by atoms with Gasteiger partial charge in [-0.25, -0.2) is 8.42 Å². The van der Waals surface area contributed by atoms with E-state index in [2.05, 4.69) is 0 Å². The van der Waals surface area contributed by atoms with Crippen LogP contribution in [0.4, 0.5) is 25.1 Å². The second-order valence-electron chi connectivity index (χ2n) is 4.90. The number of rotatable bonds is 4. The Labute approximate surface area is 129 Å². The minimum Gasteiger partial charge on any atom is -0.398 e. The first-order valence-electron chi connectivity index (χ1n) is 6.09. The molecule has 0 amide bonds. The number of hydrogen-bond acceptors (Lipinski definition) is 3. The minimum atomic E-state index is -9.90. The number of nitrogen functional groups attached to an aromatic ring is 1. The highest BCUT2D eigenvalue weighted by Crippen LogP contribution is 3.02. The molecule has 0 saturated heterocycles. The van der Waals surface area contributed by atoms with Crippen LogP contribution >= 0.6 is 10.2 Å². The van der Waals surface area contributed by atoms with Crippen molar-refractivity contribution in [1.82, 2.24) is 0 Å². The van der Waals surface area contributed by atoms with Gasteiger partial charge in [0, 0.05) is 5.69 Å². The summed E-state index contributed by atoms with van der Waals surface area (Å²) in [6.07, 6.45) is 0. The van der Waals surface area contributed by atoms with E-state index in [0.717, 1.165) is 0 Å². The number of nitrogens with two attached hydrogens (primary N) is 1. The molecule has 0 bridgehead atoms. The number of benzene rings is 2. The Kier molecular flexibility index (Phi) is 3.51. The average molecular weight is 373 g/mol. The molecule has 3 nitrogen and oxygen atoms in total. The van der Waals surface area contributed by atoms with Crippen molar-refractivity contribution < 1.29 is 27.8 Å². The quantitative estimate of drug-likeness (QED) is 0.613. The Bertz CT molecular complexity index is 850. The number of hydrogen-bond donors (Lipinski definition) is 1. The molecular weight excluding hydrogens is 361 g/mol. The Morgan fingerprint density at radius 1 is 0.913 bits per heavy atom. The number of halogens is 5. The summed E-state index contributed by atoms with van der Waals surface area (Å²) < 4.78 is 88.4. The standard InChI is InChI=1S/C13H12F5NO2S2/c14-23(15,16,17,18)12-6-7-13(19)10(8-12)9-22(20,21)11-4-2-1-3-5-11/h1-8H,9,19H2. The molecule has 10 heteroatoms. The third kappa shape index (κ3) is 4.14. The van der Waals surface area contributed by atoms with Crippen molar-refractivity contribution in [3.05, 3.63) is 54.1 Å². The van der Waals surface area contributed by atoms with Gasteiger partial charge in [-0.3, -0.25) is 0 Å². The number of anilines is 1. The highest BCUT2D eigenvalue weighted by Gasteiger charge is 2.65. The molecule has 0 atom stereocenters. The Hall–Kier alpha value is -1.81. The van der Waals surface area contributed by atoms with E-state index >= 15 is 0 Å². The molecule has 0 aliphatic heterocycles. The lowest BCUT2D eigenvalue weighted by molar-refractivity contribution is 0.364. The highest BCUT2D eigenvalue weighted by atomic mass is 32.5. The molecule has 2 aromatic rings. The maximum absolute atomic E-state index is 12.8. The van der Waals surface area contributed by atoms with E-state index in [1.54, 1.807) is 6.07 Å². The summed E-state index contributed by atoms with van der Waals surface area (Å²) >= 11 is 0. The van der Waals surface area contributed by atoms with Crippen molar-refractivity contribution in [1.29, 1.82) is 0 Å². The SMILES string of the molecule is Nc1ccc(S(F)(F)(F)(F)F)cc1CS(=O)(=O)c1ccccc1. The normalized spacial score (nSPS) is 15.7. The van der Waals surface area contributed by atoms with Crippen molar-refractivity contribution in [3.63, 3.8) is 0 Å². The van der Waals surface area contributed by atoms with Gasteiger partial charge in [0.05, 0.1) is 10.6 Å². The zero-order valence-electron chi connectivity index (χ0n) is 11.4. The molecule has 0 saturated carbocycles. The molecule has 0 heterocycles. The van der Waals surface area contributed by atoms with Crippen LogP contribution in [-0.4, -0.2) is 8.42 Å². The van der Waals surface area contributed by atoms with Crippen LogP contribution in [0.3, 0.4) is 0 Å². The van der Waals surface area contributed by atoms with E-state index in [9.17, 15) is 27.8 Å². The lowest BCUT2D eigenvalue weighted by atomic mass is 10.2. The summed E-state index contributed by atoms with van der Waals surface area (Å²) in [5.41, 5.74) is 4.60. The van der Waals surface area contributed by atoms with Gasteiger partial charge in [-0.15, -0.1) is 0 Å². The minimum absolute atomic E-state index is 0.0946. The van der Waals surface area contributed by atoms with Crippen molar-refractivity contribution >= 4 is 25.7 Å². The smallest absolute Gasteiger partial charge is 0.310 e. The lowest BCUT2D eigenvalue weighted by Crippen LogP contribution is -2.10. The van der Waals surface area contributed by atoms with Gasteiger partial charge in [0.15, 0.2) is 9.84 Å². The summed E-state index contributed by atoms with van der Waals surface area (Å²) in [4.78, 5) is -2.31. The zero-order chi connectivity index (χ0) is 17.6. The van der Waals surface area contributed by atoms with Crippen molar-refractivity contribution in [3.8, 4) is 0 Å². The average Bonchev–Trinajstić information content (AvgIpc) is 2.39. The molecule has 0 aliphatic rings. The Balaban J connectivity index is 2.51. The Morgan fingerprint density at radius 2 is 1.48 bits per heavy atom. The van der Waals surface area contributed by atoms with E-state index in [4.69, 9.17) is 5.73 Å². The molecule has 0 radical (unpaired) electrons.